The van der Waals surface area contributed by atoms with Crippen LogP contribution in [0.3, 0.4) is 0 Å². The van der Waals surface area contributed by atoms with Crippen molar-refractivity contribution in [1.29, 1.82) is 0 Å². The molecule has 1 aromatic rings. The maximum Gasteiger partial charge on any atom is 0.322 e. The summed E-state index contributed by atoms with van der Waals surface area (Å²) in [7, 11) is 0. The molecule has 3 fully saturated rings. The lowest BCUT2D eigenvalue weighted by molar-refractivity contribution is -0.137. The molecule has 4 unspecified atom stereocenters. The van der Waals surface area contributed by atoms with Crippen LogP contribution < -0.4 is 5.32 Å². The number of nitrogens with one attached hydrogen (secondary N) is 1. The molecule has 47 heavy (non-hydrogen) atoms. The molecule has 2 N–H and O–H groups in total. The lowest BCUT2D eigenvalue weighted by Crippen LogP contribution is -2.55. The lowest BCUT2D eigenvalue weighted by Gasteiger charge is -2.44. The average molecular weight is 665 g/mol. The summed E-state index contributed by atoms with van der Waals surface area (Å²) in [4.78, 5) is 51.4. The number of β-amino-alcohol motifs (C(OH)–C–C–N with tert-alkyl or cyclic N) is 1. The van der Waals surface area contributed by atoms with Gasteiger partial charge in [0.25, 0.3) is 0 Å². The van der Waals surface area contributed by atoms with Crippen molar-refractivity contribution < 1.29 is 19.5 Å². The van der Waals surface area contributed by atoms with Gasteiger partial charge >= 0.3 is 6.03 Å². The minimum atomic E-state index is -0.393. The molecule has 4 aliphatic heterocycles. The molecular formula is C36H52N6O4S. The van der Waals surface area contributed by atoms with E-state index >= 15 is 0 Å². The minimum absolute atomic E-state index is 0.0319. The highest BCUT2D eigenvalue weighted by atomic mass is 32.2. The molecule has 5 aliphatic rings. The van der Waals surface area contributed by atoms with Gasteiger partial charge in [0.2, 0.25) is 11.8 Å². The molecule has 4 heterocycles. The summed E-state index contributed by atoms with van der Waals surface area (Å²) in [6, 6.07) is 8.12. The van der Waals surface area contributed by atoms with Crippen LogP contribution in [-0.2, 0) is 16.1 Å². The van der Waals surface area contributed by atoms with Gasteiger partial charge in [-0.15, -0.1) is 11.8 Å². The van der Waals surface area contributed by atoms with Gasteiger partial charge in [-0.1, -0.05) is 63.3 Å². The molecule has 0 spiro atoms. The van der Waals surface area contributed by atoms with Crippen LogP contribution in [0.2, 0.25) is 0 Å². The summed E-state index contributed by atoms with van der Waals surface area (Å²) < 4.78 is 0. The highest BCUT2D eigenvalue weighted by Crippen LogP contribution is 2.42. The second kappa shape index (κ2) is 14.7. The predicted molar refractivity (Wildman–Crippen MR) is 187 cm³/mol. The van der Waals surface area contributed by atoms with Gasteiger partial charge < -0.3 is 25.1 Å². The first-order chi connectivity index (χ1) is 22.6. The molecular weight excluding hydrogens is 613 g/mol. The van der Waals surface area contributed by atoms with Crippen molar-refractivity contribution in [1.82, 2.24) is 24.5 Å². The van der Waals surface area contributed by atoms with Gasteiger partial charge in [-0.05, 0) is 36.3 Å². The van der Waals surface area contributed by atoms with Crippen LogP contribution >= 0.6 is 11.8 Å². The third-order valence-corrected chi connectivity index (χ3v) is 12.0. The first-order valence-corrected chi connectivity index (χ1v) is 18.4. The number of nitrogens with zero attached hydrogens (tertiary/aromatic N) is 5. The minimum Gasteiger partial charge on any atom is -0.395 e. The van der Waals surface area contributed by atoms with E-state index in [1.807, 2.05) is 28.0 Å². The van der Waals surface area contributed by atoms with E-state index in [0.717, 1.165) is 56.7 Å². The van der Waals surface area contributed by atoms with Crippen molar-refractivity contribution in [2.45, 2.75) is 75.7 Å². The van der Waals surface area contributed by atoms with Crippen molar-refractivity contribution in [3.8, 4) is 0 Å². The lowest BCUT2D eigenvalue weighted by atomic mass is 9.90. The molecule has 4 atom stereocenters. The van der Waals surface area contributed by atoms with Crippen LogP contribution in [0.5, 0.6) is 0 Å². The molecule has 3 saturated heterocycles. The first kappa shape index (κ1) is 34.0. The van der Waals surface area contributed by atoms with Gasteiger partial charge in [-0.3, -0.25) is 19.4 Å². The summed E-state index contributed by atoms with van der Waals surface area (Å²) >= 11 is 1.68. The van der Waals surface area contributed by atoms with Gasteiger partial charge in [-0.2, -0.15) is 0 Å². The standard InChI is InChI=1S/C36H52N6O4S/c1-36(2,3)14-17-41-33(45)31(47-34(41)28-9-5-7-11-30(28)39-20-18-38(19-21-39)22-23-43)24-32(44)40-15-12-27(13-16-40)42-25-26-8-4-6-10-29(26)37-35(42)46/h4-11,27-28,30-31,34,43H,12-25H2,1-3H3,(H,37,46). The van der Waals surface area contributed by atoms with Gasteiger partial charge in [0.1, 0.15) is 0 Å². The van der Waals surface area contributed by atoms with E-state index in [9.17, 15) is 19.5 Å². The number of benzene rings is 1. The zero-order valence-electron chi connectivity index (χ0n) is 28.2. The number of hydrogen-bond donors (Lipinski definition) is 2. The number of aliphatic hydroxyl groups excluding tert-OH is 1. The number of amides is 4. The molecule has 6 rings (SSSR count). The summed E-state index contributed by atoms with van der Waals surface area (Å²) in [5, 5.41) is 12.0. The van der Waals surface area contributed by atoms with Crippen LogP contribution in [-0.4, -0.2) is 129 Å². The number of hydrogen-bond acceptors (Lipinski definition) is 7. The third kappa shape index (κ3) is 7.90. The number of anilines is 1. The van der Waals surface area contributed by atoms with Crippen molar-refractivity contribution in [2.24, 2.45) is 11.3 Å². The highest BCUT2D eigenvalue weighted by molar-refractivity contribution is 8.01. The Morgan fingerprint density at radius 3 is 2.43 bits per heavy atom. The number of rotatable bonds is 9. The Bertz CT molecular complexity index is 1350. The number of carbonyl (C=O) groups is 3. The van der Waals surface area contributed by atoms with E-state index in [-0.39, 0.29) is 59.7 Å². The Kier molecular flexibility index (Phi) is 10.7. The molecule has 0 bridgehead atoms. The van der Waals surface area contributed by atoms with Crippen LogP contribution in [0.25, 0.3) is 0 Å². The number of piperazine rings is 1. The van der Waals surface area contributed by atoms with Gasteiger partial charge in [0.05, 0.1) is 17.2 Å². The fourth-order valence-electron chi connectivity index (χ4n) is 7.64. The maximum absolute atomic E-state index is 14.1. The monoisotopic (exact) mass is 664 g/mol. The zero-order chi connectivity index (χ0) is 33.1. The summed E-state index contributed by atoms with van der Waals surface area (Å²) in [6.45, 7) is 13.7. The van der Waals surface area contributed by atoms with Crippen LogP contribution in [0.1, 0.15) is 52.0 Å². The molecule has 0 saturated carbocycles. The molecule has 4 amide bonds. The number of para-hydroxylation sites is 1. The Hall–Kier alpha value is -2.86. The number of aliphatic hydroxyl groups is 1. The van der Waals surface area contributed by atoms with Crippen molar-refractivity contribution in [2.75, 3.05) is 64.3 Å². The van der Waals surface area contributed by atoms with E-state index in [1.54, 1.807) is 11.8 Å². The molecule has 1 aliphatic carbocycles. The fraction of sp³-hybridized carbons (Fsp3) is 0.639. The number of thioether (sulfide) groups is 1. The fourth-order valence-corrected chi connectivity index (χ4v) is 9.25. The van der Waals surface area contributed by atoms with Crippen LogP contribution in [0.4, 0.5) is 10.5 Å². The number of fused-ring (bicyclic) bond motifs is 1. The normalized spacial score (nSPS) is 27.8. The van der Waals surface area contributed by atoms with Crippen molar-refractivity contribution in [3.05, 3.63) is 54.1 Å². The van der Waals surface area contributed by atoms with E-state index < -0.39 is 5.25 Å². The van der Waals surface area contributed by atoms with E-state index in [2.05, 4.69) is 71.2 Å². The maximum atomic E-state index is 14.1. The number of piperidine rings is 1. The van der Waals surface area contributed by atoms with E-state index in [1.165, 1.54) is 0 Å². The Morgan fingerprint density at radius 2 is 1.70 bits per heavy atom. The molecule has 10 nitrogen and oxygen atoms in total. The summed E-state index contributed by atoms with van der Waals surface area (Å²) in [5.74, 6) is 0.260. The first-order valence-electron chi connectivity index (χ1n) is 17.4. The van der Waals surface area contributed by atoms with Crippen LogP contribution in [0.15, 0.2) is 48.6 Å². The third-order valence-electron chi connectivity index (χ3n) is 10.5. The predicted octanol–water partition coefficient (Wildman–Crippen LogP) is 3.84. The van der Waals surface area contributed by atoms with E-state index in [4.69, 9.17) is 0 Å². The molecule has 256 valence electrons. The Morgan fingerprint density at radius 1 is 0.979 bits per heavy atom. The van der Waals surface area contributed by atoms with Gasteiger partial charge in [-0.25, -0.2) is 4.79 Å². The Labute approximate surface area is 284 Å². The smallest absolute Gasteiger partial charge is 0.322 e. The largest absolute Gasteiger partial charge is 0.395 e. The van der Waals surface area contributed by atoms with Gasteiger partial charge in [0.15, 0.2) is 0 Å². The molecule has 1 aromatic carbocycles. The molecule has 0 radical (unpaired) electrons. The second-order valence-electron chi connectivity index (χ2n) is 14.8. The zero-order valence-corrected chi connectivity index (χ0v) is 29.0. The number of carbonyl (C=O) groups excluding carboxylic acids is 3. The van der Waals surface area contributed by atoms with Gasteiger partial charge in [0, 0.05) is 89.0 Å². The second-order valence-corrected chi connectivity index (χ2v) is 16.2. The summed E-state index contributed by atoms with van der Waals surface area (Å²) in [5.41, 5.74) is 2.08. The molecule has 11 heteroatoms. The number of likely N-dealkylation sites (tertiary alicyclic amines) is 1. The average Bonchev–Trinajstić information content (AvgIpc) is 3.37. The number of urea groups is 1. The van der Waals surface area contributed by atoms with Crippen molar-refractivity contribution in [3.63, 3.8) is 0 Å². The SMILES string of the molecule is CC(C)(C)CCN1C(=O)C(CC(=O)N2CCC(N3Cc4ccccc4NC3=O)CC2)SC1C1C=CC=CC1N1CCN(CCO)CC1. The topological polar surface area (TPSA) is 99.7 Å². The highest BCUT2D eigenvalue weighted by Gasteiger charge is 2.47. The van der Waals surface area contributed by atoms with E-state index in [0.29, 0.717) is 32.7 Å². The Balaban J connectivity index is 1.09. The summed E-state index contributed by atoms with van der Waals surface area (Å²) in [6.07, 6.45) is 11.4. The molecule has 0 aromatic heterocycles. The van der Waals surface area contributed by atoms with Crippen molar-refractivity contribution >= 4 is 35.3 Å². The quantitative estimate of drug-likeness (QED) is 0.414. The number of allylic oxidation sites excluding steroid dienone is 2. The van der Waals surface area contributed by atoms with Crippen LogP contribution in [0, 0.1) is 11.3 Å².